The monoisotopic (exact) mass is 430 g/mol. The third-order valence-electron chi connectivity index (χ3n) is 3.30. The van der Waals surface area contributed by atoms with Crippen LogP contribution in [0.25, 0.3) is 6.08 Å². The zero-order valence-corrected chi connectivity index (χ0v) is 15.2. The van der Waals surface area contributed by atoms with Crippen LogP contribution in [0.15, 0.2) is 52.5 Å². The molecule has 0 fully saturated rings. The van der Waals surface area contributed by atoms with Gasteiger partial charge in [-0.05, 0) is 39.7 Å². The van der Waals surface area contributed by atoms with Crippen LogP contribution in [0.4, 0.5) is 5.69 Å². The van der Waals surface area contributed by atoms with Crippen LogP contribution in [-0.2, 0) is 4.79 Å². The summed E-state index contributed by atoms with van der Waals surface area (Å²) in [6, 6.07) is 11.5. The molecule has 0 heterocycles. The SMILES string of the molecule is N#C/C(=C/c1ccc(OCC(=O)O)c(Br)c1)C(=O)c1cccc([N+](=O)[O-])c1. The second kappa shape index (κ2) is 8.73. The molecule has 0 aromatic heterocycles. The van der Waals surface area contributed by atoms with E-state index in [2.05, 4.69) is 15.9 Å². The predicted octanol–water partition coefficient (Wildman–Crippen LogP) is 3.61. The molecule has 0 amide bonds. The number of carboxylic acids is 1. The maximum Gasteiger partial charge on any atom is 0.341 e. The first-order chi connectivity index (χ1) is 12.8. The number of aliphatic carboxylic acids is 1. The zero-order chi connectivity index (χ0) is 20.0. The van der Waals surface area contributed by atoms with E-state index in [0.29, 0.717) is 10.0 Å². The number of hydrogen-bond acceptors (Lipinski definition) is 6. The fourth-order valence-electron chi connectivity index (χ4n) is 2.09. The Kier molecular flexibility index (Phi) is 6.41. The fraction of sp³-hybridized carbons (Fsp3) is 0.0556. The topological polar surface area (TPSA) is 131 Å². The Morgan fingerprint density at radius 2 is 2.04 bits per heavy atom. The number of nitrogens with zero attached hydrogens (tertiary/aromatic N) is 2. The van der Waals surface area contributed by atoms with Crippen molar-refractivity contribution in [3.05, 3.63) is 73.8 Å². The van der Waals surface area contributed by atoms with Gasteiger partial charge in [-0.3, -0.25) is 14.9 Å². The van der Waals surface area contributed by atoms with E-state index in [4.69, 9.17) is 9.84 Å². The van der Waals surface area contributed by atoms with Crippen molar-refractivity contribution in [3.63, 3.8) is 0 Å². The van der Waals surface area contributed by atoms with Gasteiger partial charge in [-0.25, -0.2) is 4.79 Å². The van der Waals surface area contributed by atoms with E-state index >= 15 is 0 Å². The van der Waals surface area contributed by atoms with E-state index in [1.54, 1.807) is 18.2 Å². The van der Waals surface area contributed by atoms with Crippen molar-refractivity contribution in [2.75, 3.05) is 6.61 Å². The molecule has 0 aliphatic carbocycles. The lowest BCUT2D eigenvalue weighted by molar-refractivity contribution is -0.384. The van der Waals surface area contributed by atoms with Crippen molar-refractivity contribution in [1.29, 1.82) is 5.26 Å². The van der Waals surface area contributed by atoms with Crippen molar-refractivity contribution < 1.29 is 24.4 Å². The number of nitriles is 1. The number of non-ortho nitro benzene ring substituents is 1. The molecule has 0 spiro atoms. The molecule has 2 aromatic rings. The molecule has 0 atom stereocenters. The minimum absolute atomic E-state index is 0.0254. The van der Waals surface area contributed by atoms with Gasteiger partial charge in [0.15, 0.2) is 6.61 Å². The smallest absolute Gasteiger partial charge is 0.341 e. The minimum Gasteiger partial charge on any atom is -0.481 e. The molecule has 1 N–H and O–H groups in total. The van der Waals surface area contributed by atoms with Crippen LogP contribution in [0, 0.1) is 21.4 Å². The van der Waals surface area contributed by atoms with Gasteiger partial charge in [0.1, 0.15) is 17.4 Å². The third-order valence-corrected chi connectivity index (χ3v) is 3.92. The fourth-order valence-corrected chi connectivity index (χ4v) is 2.61. The molecule has 0 saturated carbocycles. The lowest BCUT2D eigenvalue weighted by Crippen LogP contribution is -2.09. The minimum atomic E-state index is -1.12. The third kappa shape index (κ3) is 5.23. The number of ether oxygens (including phenoxy) is 1. The van der Waals surface area contributed by atoms with Crippen molar-refractivity contribution >= 4 is 39.4 Å². The number of Topliss-reactive ketones (excluding diaryl/α,β-unsaturated/α-hetero) is 1. The molecule has 0 aliphatic rings. The van der Waals surface area contributed by atoms with Crippen molar-refractivity contribution in [1.82, 2.24) is 0 Å². The molecule has 136 valence electrons. The van der Waals surface area contributed by atoms with Gasteiger partial charge in [0.25, 0.3) is 5.69 Å². The Morgan fingerprint density at radius 1 is 1.30 bits per heavy atom. The number of halogens is 1. The molecular formula is C18H11BrN2O6. The summed E-state index contributed by atoms with van der Waals surface area (Å²) < 4.78 is 5.52. The van der Waals surface area contributed by atoms with E-state index in [1.807, 2.05) is 0 Å². The average Bonchev–Trinajstić information content (AvgIpc) is 2.64. The zero-order valence-electron chi connectivity index (χ0n) is 13.6. The number of allylic oxidation sites excluding steroid dienone is 1. The maximum absolute atomic E-state index is 12.5. The molecule has 0 radical (unpaired) electrons. The van der Waals surface area contributed by atoms with Crippen LogP contribution in [0.2, 0.25) is 0 Å². The highest BCUT2D eigenvalue weighted by atomic mass is 79.9. The average molecular weight is 431 g/mol. The normalized spacial score (nSPS) is 10.7. The molecule has 8 nitrogen and oxygen atoms in total. The van der Waals surface area contributed by atoms with Gasteiger partial charge in [-0.1, -0.05) is 18.2 Å². The molecule has 9 heteroatoms. The van der Waals surface area contributed by atoms with E-state index < -0.39 is 23.3 Å². The maximum atomic E-state index is 12.5. The van der Waals surface area contributed by atoms with Gasteiger partial charge >= 0.3 is 5.97 Å². The standard InChI is InChI=1S/C18H11BrN2O6/c19-15-7-11(4-5-16(15)27-10-17(22)23)6-13(9-20)18(24)12-2-1-3-14(8-12)21(25)26/h1-8H,10H2,(H,22,23)/b13-6-. The highest BCUT2D eigenvalue weighted by molar-refractivity contribution is 9.10. The van der Waals surface area contributed by atoms with Crippen LogP contribution in [0.1, 0.15) is 15.9 Å². The van der Waals surface area contributed by atoms with E-state index in [-0.39, 0.29) is 22.6 Å². The van der Waals surface area contributed by atoms with Gasteiger partial charge < -0.3 is 9.84 Å². The molecular weight excluding hydrogens is 420 g/mol. The predicted molar refractivity (Wildman–Crippen MR) is 98.3 cm³/mol. The lowest BCUT2D eigenvalue weighted by Gasteiger charge is -2.06. The van der Waals surface area contributed by atoms with Gasteiger partial charge in [0, 0.05) is 17.7 Å². The van der Waals surface area contributed by atoms with Crippen molar-refractivity contribution in [2.45, 2.75) is 0 Å². The molecule has 0 bridgehead atoms. The molecule has 2 aromatic carbocycles. The number of carbonyl (C=O) groups excluding carboxylic acids is 1. The van der Waals surface area contributed by atoms with Crippen LogP contribution in [0.3, 0.4) is 0 Å². The highest BCUT2D eigenvalue weighted by Crippen LogP contribution is 2.27. The summed E-state index contributed by atoms with van der Waals surface area (Å²) in [5, 5.41) is 28.8. The number of nitro groups is 1. The summed E-state index contributed by atoms with van der Waals surface area (Å²) in [6.45, 7) is -0.511. The van der Waals surface area contributed by atoms with E-state index in [1.165, 1.54) is 30.3 Å². The second-order valence-electron chi connectivity index (χ2n) is 5.18. The van der Waals surface area contributed by atoms with Crippen LogP contribution >= 0.6 is 15.9 Å². The van der Waals surface area contributed by atoms with Gasteiger partial charge in [0.2, 0.25) is 5.78 Å². The molecule has 0 aliphatic heterocycles. The van der Waals surface area contributed by atoms with Crippen molar-refractivity contribution in [2.24, 2.45) is 0 Å². The molecule has 0 saturated heterocycles. The van der Waals surface area contributed by atoms with Gasteiger partial charge in [-0.15, -0.1) is 0 Å². The highest BCUT2D eigenvalue weighted by Gasteiger charge is 2.16. The first kappa shape index (κ1) is 19.8. The number of carboxylic acid groups (broad SMARTS) is 1. The largest absolute Gasteiger partial charge is 0.481 e. The summed E-state index contributed by atoms with van der Waals surface area (Å²) in [5.41, 5.74) is 0.0553. The number of nitro benzene ring substituents is 1. The summed E-state index contributed by atoms with van der Waals surface area (Å²) in [6.07, 6.45) is 1.33. The van der Waals surface area contributed by atoms with Crippen LogP contribution < -0.4 is 4.74 Å². The number of hydrogen-bond donors (Lipinski definition) is 1. The second-order valence-corrected chi connectivity index (χ2v) is 6.03. The number of benzene rings is 2. The lowest BCUT2D eigenvalue weighted by atomic mass is 10.0. The van der Waals surface area contributed by atoms with Crippen molar-refractivity contribution in [3.8, 4) is 11.8 Å². The summed E-state index contributed by atoms with van der Waals surface area (Å²) in [7, 11) is 0. The first-order valence-corrected chi connectivity index (χ1v) is 8.16. The Balaban J connectivity index is 2.30. The summed E-state index contributed by atoms with van der Waals surface area (Å²) in [4.78, 5) is 33.2. The number of rotatable bonds is 7. The van der Waals surface area contributed by atoms with Gasteiger partial charge in [-0.2, -0.15) is 5.26 Å². The summed E-state index contributed by atoms with van der Waals surface area (Å²) in [5.74, 6) is -1.48. The first-order valence-electron chi connectivity index (χ1n) is 7.37. The van der Waals surface area contributed by atoms with E-state index in [9.17, 15) is 25.0 Å². The quantitative estimate of drug-likeness (QED) is 0.233. The van der Waals surface area contributed by atoms with Crippen LogP contribution in [0.5, 0.6) is 5.75 Å². The van der Waals surface area contributed by atoms with Gasteiger partial charge in [0.05, 0.1) is 9.40 Å². The van der Waals surface area contributed by atoms with E-state index in [0.717, 1.165) is 6.07 Å². The summed E-state index contributed by atoms with van der Waals surface area (Å²) >= 11 is 3.23. The number of ketones is 1. The Morgan fingerprint density at radius 3 is 2.63 bits per heavy atom. The Bertz CT molecular complexity index is 994. The molecule has 0 unspecified atom stereocenters. The Labute approximate surface area is 161 Å². The molecule has 27 heavy (non-hydrogen) atoms. The van der Waals surface area contributed by atoms with Crippen LogP contribution in [-0.4, -0.2) is 28.4 Å². The number of carbonyl (C=O) groups is 2. The Hall–Kier alpha value is -3.51. The molecule has 2 rings (SSSR count).